The molecule has 8 heteroatoms. The highest BCUT2D eigenvalue weighted by Crippen LogP contribution is 2.68. The monoisotopic (exact) mass is 470 g/mol. The molecule has 10 atom stereocenters. The summed E-state index contributed by atoms with van der Waals surface area (Å²) in [6.45, 7) is 7.28. The van der Waals surface area contributed by atoms with Gasteiger partial charge in [0.15, 0.2) is 0 Å². The van der Waals surface area contributed by atoms with E-state index in [1.807, 2.05) is 6.92 Å². The van der Waals surface area contributed by atoms with E-state index in [0.717, 1.165) is 38.4 Å². The molecule has 0 aromatic heterocycles. The van der Waals surface area contributed by atoms with Gasteiger partial charge in [0.25, 0.3) is 10.1 Å². The van der Waals surface area contributed by atoms with E-state index in [0.29, 0.717) is 18.8 Å². The fourth-order valence-electron chi connectivity index (χ4n) is 8.49. The standard InChI is InChI=1S/C24H38O7S/c1-13(25)18-11-20(31-32(5,28)29)22-17-7-6-15-10-16(30-14(2)26)8-9-23(15,3)19(17)12-21(27)24(18,22)4/h15-22,27H,6-12H2,1-5H3/t15-,16+,17-,18-,19+,20+,21-,22-,23+,24+/m1/s1. The van der Waals surface area contributed by atoms with Crippen molar-refractivity contribution in [3.63, 3.8) is 0 Å². The maximum Gasteiger partial charge on any atom is 0.302 e. The van der Waals surface area contributed by atoms with E-state index in [4.69, 9.17) is 8.92 Å². The van der Waals surface area contributed by atoms with Crippen LogP contribution in [0.4, 0.5) is 0 Å². The van der Waals surface area contributed by atoms with E-state index in [9.17, 15) is 23.1 Å². The molecule has 4 fully saturated rings. The molecule has 0 aromatic carbocycles. The quantitative estimate of drug-likeness (QED) is 0.497. The van der Waals surface area contributed by atoms with Crippen LogP contribution in [-0.4, -0.2) is 49.8 Å². The lowest BCUT2D eigenvalue weighted by Gasteiger charge is -2.62. The van der Waals surface area contributed by atoms with Crippen LogP contribution in [0.3, 0.4) is 0 Å². The zero-order valence-electron chi connectivity index (χ0n) is 19.9. The van der Waals surface area contributed by atoms with Crippen LogP contribution in [0.25, 0.3) is 0 Å². The zero-order valence-corrected chi connectivity index (χ0v) is 20.7. The topological polar surface area (TPSA) is 107 Å². The molecule has 32 heavy (non-hydrogen) atoms. The summed E-state index contributed by atoms with van der Waals surface area (Å²) in [5.74, 6) is 0.00601. The lowest BCUT2D eigenvalue weighted by atomic mass is 9.44. The van der Waals surface area contributed by atoms with E-state index in [2.05, 4.69) is 6.92 Å². The maximum absolute atomic E-state index is 12.6. The van der Waals surface area contributed by atoms with Crippen molar-refractivity contribution in [1.29, 1.82) is 0 Å². The second-order valence-electron chi connectivity index (χ2n) is 11.4. The molecule has 1 N–H and O–H groups in total. The normalized spacial score (nSPS) is 48.3. The fourth-order valence-corrected chi connectivity index (χ4v) is 9.14. The second kappa shape index (κ2) is 8.05. The number of carbonyl (C=O) groups is 2. The van der Waals surface area contributed by atoms with Crippen molar-refractivity contribution in [2.75, 3.05) is 6.26 Å². The molecule has 0 bridgehead atoms. The molecule has 182 valence electrons. The Bertz CT molecular complexity index is 885. The molecule has 0 aliphatic heterocycles. The average Bonchev–Trinajstić information content (AvgIpc) is 2.95. The van der Waals surface area contributed by atoms with Crippen LogP contribution in [0.2, 0.25) is 0 Å². The summed E-state index contributed by atoms with van der Waals surface area (Å²) >= 11 is 0. The molecule has 0 heterocycles. The molecule has 0 radical (unpaired) electrons. The minimum atomic E-state index is -3.69. The molecule has 4 saturated carbocycles. The summed E-state index contributed by atoms with van der Waals surface area (Å²) in [4.78, 5) is 24.1. The highest BCUT2D eigenvalue weighted by molar-refractivity contribution is 7.86. The van der Waals surface area contributed by atoms with Crippen molar-refractivity contribution in [1.82, 2.24) is 0 Å². The Morgan fingerprint density at radius 3 is 2.31 bits per heavy atom. The Hall–Kier alpha value is -0.990. The molecular weight excluding hydrogens is 432 g/mol. The molecule has 4 aliphatic rings. The van der Waals surface area contributed by atoms with Crippen LogP contribution in [0.15, 0.2) is 0 Å². The molecule has 0 spiro atoms. The van der Waals surface area contributed by atoms with Gasteiger partial charge in [-0.25, -0.2) is 0 Å². The van der Waals surface area contributed by atoms with Crippen LogP contribution in [0.5, 0.6) is 0 Å². The van der Waals surface area contributed by atoms with Gasteiger partial charge in [0.2, 0.25) is 0 Å². The average molecular weight is 471 g/mol. The van der Waals surface area contributed by atoms with Crippen LogP contribution in [0, 0.1) is 40.4 Å². The van der Waals surface area contributed by atoms with Crippen molar-refractivity contribution in [2.45, 2.75) is 91.0 Å². The predicted octanol–water partition coefficient (Wildman–Crippen LogP) is 3.09. The number of aliphatic hydroxyl groups is 1. The largest absolute Gasteiger partial charge is 0.463 e. The Labute approximate surface area is 191 Å². The van der Waals surface area contributed by atoms with Crippen molar-refractivity contribution >= 4 is 21.9 Å². The van der Waals surface area contributed by atoms with Gasteiger partial charge in [-0.3, -0.25) is 13.8 Å². The number of ketones is 1. The minimum absolute atomic E-state index is 0.00334. The minimum Gasteiger partial charge on any atom is -0.463 e. The van der Waals surface area contributed by atoms with Gasteiger partial charge in [-0.05, 0) is 81.0 Å². The smallest absolute Gasteiger partial charge is 0.302 e. The van der Waals surface area contributed by atoms with Crippen LogP contribution in [0.1, 0.15) is 72.6 Å². The van der Waals surface area contributed by atoms with Crippen LogP contribution >= 0.6 is 0 Å². The Morgan fingerprint density at radius 2 is 1.72 bits per heavy atom. The van der Waals surface area contributed by atoms with Gasteiger partial charge in [0, 0.05) is 18.3 Å². The lowest BCUT2D eigenvalue weighted by Crippen LogP contribution is -2.60. The molecule has 0 aromatic rings. The van der Waals surface area contributed by atoms with Gasteiger partial charge in [0.05, 0.1) is 18.5 Å². The number of hydrogen-bond acceptors (Lipinski definition) is 7. The van der Waals surface area contributed by atoms with E-state index >= 15 is 0 Å². The third kappa shape index (κ3) is 3.84. The van der Waals surface area contributed by atoms with Gasteiger partial charge in [-0.2, -0.15) is 8.42 Å². The summed E-state index contributed by atoms with van der Waals surface area (Å²) in [6, 6.07) is 0. The fraction of sp³-hybridized carbons (Fsp3) is 0.917. The summed E-state index contributed by atoms with van der Waals surface area (Å²) in [5.41, 5.74) is -0.688. The van der Waals surface area contributed by atoms with Crippen molar-refractivity contribution in [2.24, 2.45) is 40.4 Å². The second-order valence-corrected chi connectivity index (χ2v) is 13.0. The SMILES string of the molecule is CC(=O)O[C@H]1CC[C@@]2(C)[C@H](CC[C@H]3[C@@H]4[C@@H](OS(C)(=O)=O)C[C@H](C(C)=O)[C@@]4(C)[C@H](O)C[C@@H]32)C1. The highest BCUT2D eigenvalue weighted by Gasteiger charge is 2.67. The number of esters is 1. The van der Waals surface area contributed by atoms with Crippen LogP contribution < -0.4 is 0 Å². The molecule has 0 saturated heterocycles. The molecular formula is C24H38O7S. The van der Waals surface area contributed by atoms with E-state index < -0.39 is 33.7 Å². The Morgan fingerprint density at radius 1 is 1.03 bits per heavy atom. The van der Waals surface area contributed by atoms with Gasteiger partial charge in [-0.1, -0.05) is 13.8 Å². The first kappa shape index (κ1) is 24.1. The van der Waals surface area contributed by atoms with E-state index in [1.165, 1.54) is 6.92 Å². The number of carbonyl (C=O) groups excluding carboxylic acids is 2. The molecule has 0 amide bonds. The van der Waals surface area contributed by atoms with Gasteiger partial charge in [-0.15, -0.1) is 0 Å². The summed E-state index contributed by atoms with van der Waals surface area (Å²) in [7, 11) is -3.69. The Kier molecular flexibility index (Phi) is 6.07. The number of ether oxygens (including phenoxy) is 1. The first-order valence-electron chi connectivity index (χ1n) is 12.0. The van der Waals surface area contributed by atoms with Gasteiger partial charge < -0.3 is 9.84 Å². The summed E-state index contributed by atoms with van der Waals surface area (Å²) in [5, 5.41) is 11.5. The first-order valence-corrected chi connectivity index (χ1v) is 13.8. The van der Waals surface area contributed by atoms with E-state index in [-0.39, 0.29) is 41.0 Å². The number of fused-ring (bicyclic) bond motifs is 5. The molecule has 4 aliphatic carbocycles. The van der Waals surface area contributed by atoms with Gasteiger partial charge >= 0.3 is 5.97 Å². The van der Waals surface area contributed by atoms with Gasteiger partial charge in [0.1, 0.15) is 11.9 Å². The predicted molar refractivity (Wildman–Crippen MR) is 118 cm³/mol. The third-order valence-electron chi connectivity index (χ3n) is 9.81. The molecule has 4 rings (SSSR count). The highest BCUT2D eigenvalue weighted by atomic mass is 32.2. The van der Waals surface area contributed by atoms with Crippen LogP contribution in [-0.2, 0) is 28.6 Å². The number of Topliss-reactive ketones (excluding diaryl/α,β-unsaturated/α-hetero) is 1. The van der Waals surface area contributed by atoms with Crippen molar-refractivity contribution in [3.8, 4) is 0 Å². The first-order chi connectivity index (χ1) is 14.8. The lowest BCUT2D eigenvalue weighted by molar-refractivity contribution is -0.186. The summed E-state index contributed by atoms with van der Waals surface area (Å²) < 4.78 is 35.3. The van der Waals surface area contributed by atoms with Crippen molar-refractivity contribution in [3.05, 3.63) is 0 Å². The third-order valence-corrected chi connectivity index (χ3v) is 10.4. The number of aliphatic hydroxyl groups excluding tert-OH is 1. The maximum atomic E-state index is 12.6. The number of hydrogen-bond donors (Lipinski definition) is 1. The van der Waals surface area contributed by atoms with Crippen molar-refractivity contribution < 1.29 is 32.0 Å². The van der Waals surface area contributed by atoms with E-state index in [1.54, 1.807) is 6.92 Å². The number of rotatable bonds is 4. The molecule has 7 nitrogen and oxygen atoms in total. The zero-order chi connectivity index (χ0) is 23.6. The Balaban J connectivity index is 1.67. The molecule has 0 unspecified atom stereocenters. The summed E-state index contributed by atoms with van der Waals surface area (Å²) in [6.07, 6.45) is 5.20.